The molecular formula is C3H7ClO. The van der Waals surface area contributed by atoms with Crippen LogP contribution in [0, 0.1) is 0 Å². The van der Waals surface area contributed by atoms with E-state index in [-0.39, 0.29) is 18.8 Å². The summed E-state index contributed by atoms with van der Waals surface area (Å²) in [6, 6.07) is 0. The number of rotatable bonds is 1. The molecule has 0 spiro atoms. The van der Waals surface area contributed by atoms with Gasteiger partial charge < -0.3 is 4.79 Å². The Balaban J connectivity index is 0. The molecule has 0 aliphatic heterocycles. The maximum atomic E-state index is 9.46. The molecule has 0 heterocycles. The van der Waals surface area contributed by atoms with E-state index in [1.165, 1.54) is 0 Å². The van der Waals surface area contributed by atoms with Crippen LogP contribution in [0.2, 0.25) is 0 Å². The van der Waals surface area contributed by atoms with E-state index in [9.17, 15) is 4.79 Å². The van der Waals surface area contributed by atoms with Crippen LogP contribution in [0.25, 0.3) is 0 Å². The Hall–Kier alpha value is -0.0400. The second-order valence-electron chi connectivity index (χ2n) is 0.371. The summed E-state index contributed by atoms with van der Waals surface area (Å²) in [7, 11) is 0. The largest absolute Gasteiger partial charge is 0.303 e. The zero-order chi connectivity index (χ0) is 5.91. The van der Waals surface area contributed by atoms with Crippen LogP contribution in [0.5, 0.6) is 0 Å². The summed E-state index contributed by atoms with van der Waals surface area (Å²) in [6.07, 6.45) is 0.0556. The minimum atomic E-state index is -2.07. The van der Waals surface area contributed by atoms with Gasteiger partial charge in [-0.1, -0.05) is 6.85 Å². The van der Waals surface area contributed by atoms with Gasteiger partial charge in [0.15, 0.2) is 0 Å². The molecule has 0 aliphatic rings. The van der Waals surface area contributed by atoms with Crippen molar-refractivity contribution in [1.82, 2.24) is 0 Å². The van der Waals surface area contributed by atoms with E-state index >= 15 is 0 Å². The molecule has 0 fully saturated rings. The second kappa shape index (κ2) is 9.03. The standard InChI is InChI=1S/C3H6O.ClH/c1-2-3-4;/h3H,2H2,1H3;1H/i1D3;. The first-order valence-electron chi connectivity index (χ1n) is 2.50. The summed E-state index contributed by atoms with van der Waals surface area (Å²) < 4.78 is 19.3. The van der Waals surface area contributed by atoms with E-state index in [2.05, 4.69) is 0 Å². The van der Waals surface area contributed by atoms with E-state index < -0.39 is 6.85 Å². The third-order valence-electron chi connectivity index (χ3n) is 0.0833. The summed E-state index contributed by atoms with van der Waals surface area (Å²) in [5, 5.41) is 0. The molecule has 0 aromatic rings. The van der Waals surface area contributed by atoms with Crippen LogP contribution in [0.15, 0.2) is 0 Å². The molecule has 0 aliphatic carbocycles. The highest BCUT2D eigenvalue weighted by Crippen LogP contribution is 1.53. The van der Waals surface area contributed by atoms with Gasteiger partial charge in [0.2, 0.25) is 0 Å². The van der Waals surface area contributed by atoms with Crippen molar-refractivity contribution in [2.75, 3.05) is 0 Å². The summed E-state index contributed by atoms with van der Waals surface area (Å²) in [5.74, 6) is 0. The quantitative estimate of drug-likeness (QED) is 0.447. The maximum absolute atomic E-state index is 9.46. The van der Waals surface area contributed by atoms with Crippen molar-refractivity contribution in [3.63, 3.8) is 0 Å². The molecule has 0 unspecified atom stereocenters. The summed E-state index contributed by atoms with van der Waals surface area (Å²) >= 11 is 0. The second-order valence-corrected chi connectivity index (χ2v) is 0.371. The van der Waals surface area contributed by atoms with Gasteiger partial charge in [-0.25, -0.2) is 0 Å². The Bertz CT molecular complexity index is 69.4. The number of halogens is 1. The summed E-state index contributed by atoms with van der Waals surface area (Å²) in [4.78, 5) is 9.46. The van der Waals surface area contributed by atoms with Gasteiger partial charge in [0.25, 0.3) is 0 Å². The first-order chi connectivity index (χ1) is 3.06. The Morgan fingerprint density at radius 1 is 2.20 bits per heavy atom. The molecule has 0 radical (unpaired) electrons. The average molecular weight is 97.6 g/mol. The first kappa shape index (κ1) is 2.19. The molecule has 2 heteroatoms. The lowest BCUT2D eigenvalue weighted by atomic mass is 10.6. The Kier molecular flexibility index (Phi) is 3.96. The minimum Gasteiger partial charge on any atom is -0.303 e. The molecular weight excluding hydrogens is 87.5 g/mol. The van der Waals surface area contributed by atoms with Crippen molar-refractivity contribution in [2.45, 2.75) is 13.3 Å². The van der Waals surface area contributed by atoms with Crippen molar-refractivity contribution < 1.29 is 8.91 Å². The maximum Gasteiger partial charge on any atom is 0.119 e. The van der Waals surface area contributed by atoms with Crippen molar-refractivity contribution in [1.29, 1.82) is 0 Å². The molecule has 1 nitrogen and oxygen atoms in total. The molecule has 0 saturated heterocycles. The highest BCUT2D eigenvalue weighted by Gasteiger charge is 1.52. The van der Waals surface area contributed by atoms with Gasteiger partial charge in [-0.15, -0.1) is 12.4 Å². The van der Waals surface area contributed by atoms with Crippen LogP contribution >= 0.6 is 12.4 Å². The highest BCUT2D eigenvalue weighted by atomic mass is 35.5. The van der Waals surface area contributed by atoms with Gasteiger partial charge in [-0.3, -0.25) is 0 Å². The Morgan fingerprint density at radius 2 is 2.80 bits per heavy atom. The Labute approximate surface area is 42.0 Å². The van der Waals surface area contributed by atoms with Gasteiger partial charge in [-0.2, -0.15) is 0 Å². The highest BCUT2D eigenvalue weighted by molar-refractivity contribution is 5.85. The summed E-state index contributed by atoms with van der Waals surface area (Å²) in [6.45, 7) is -2.07. The third kappa shape index (κ3) is 16.5. The van der Waals surface area contributed by atoms with Gasteiger partial charge >= 0.3 is 0 Å². The van der Waals surface area contributed by atoms with Gasteiger partial charge in [-0.05, 0) is 0 Å². The van der Waals surface area contributed by atoms with Gasteiger partial charge in [0.1, 0.15) is 6.29 Å². The lowest BCUT2D eigenvalue weighted by Crippen LogP contribution is -1.55. The SMILES string of the molecule is Cl.[2H]C([2H])([2H])CC=O. The van der Waals surface area contributed by atoms with Crippen LogP contribution < -0.4 is 0 Å². The molecule has 0 bridgehead atoms. The van der Waals surface area contributed by atoms with E-state index in [1.807, 2.05) is 0 Å². The average Bonchev–Trinajstić information content (AvgIpc) is 1.30. The summed E-state index contributed by atoms with van der Waals surface area (Å²) in [5.41, 5.74) is 0. The fraction of sp³-hybridized carbons (Fsp3) is 0.667. The topological polar surface area (TPSA) is 17.1 Å². The first-order valence-corrected chi connectivity index (χ1v) is 0.998. The van der Waals surface area contributed by atoms with Crippen LogP contribution in [-0.4, -0.2) is 6.29 Å². The van der Waals surface area contributed by atoms with Crippen molar-refractivity contribution in [2.24, 2.45) is 0 Å². The number of hydrogen-bond donors (Lipinski definition) is 0. The monoisotopic (exact) mass is 97.0 g/mol. The molecule has 0 amide bonds. The van der Waals surface area contributed by atoms with Gasteiger partial charge in [0.05, 0.1) is 0 Å². The molecule has 0 N–H and O–H groups in total. The van der Waals surface area contributed by atoms with E-state index in [1.54, 1.807) is 0 Å². The zero-order valence-corrected chi connectivity index (χ0v) is 3.42. The van der Waals surface area contributed by atoms with E-state index in [4.69, 9.17) is 4.11 Å². The molecule has 0 rings (SSSR count). The van der Waals surface area contributed by atoms with Crippen molar-refractivity contribution in [3.05, 3.63) is 0 Å². The third-order valence-corrected chi connectivity index (χ3v) is 0.0833. The normalized spacial score (nSPS) is 16.4. The molecule has 5 heavy (non-hydrogen) atoms. The molecule has 32 valence electrons. The van der Waals surface area contributed by atoms with Crippen LogP contribution in [0.4, 0.5) is 0 Å². The van der Waals surface area contributed by atoms with Crippen molar-refractivity contribution in [3.8, 4) is 0 Å². The smallest absolute Gasteiger partial charge is 0.119 e. The zero-order valence-electron chi connectivity index (χ0n) is 5.60. The molecule has 0 aromatic carbocycles. The minimum absolute atomic E-state index is 0. The lowest BCUT2D eigenvalue weighted by Gasteiger charge is -1.51. The van der Waals surface area contributed by atoms with Crippen molar-refractivity contribution >= 4 is 18.7 Å². The predicted molar refractivity (Wildman–Crippen MR) is 23.6 cm³/mol. The number of hydrogen-bond acceptors (Lipinski definition) is 1. The van der Waals surface area contributed by atoms with Crippen LogP contribution in [0.3, 0.4) is 0 Å². The number of carbonyl (C=O) groups is 1. The number of aldehydes is 1. The van der Waals surface area contributed by atoms with E-state index in [0.717, 1.165) is 0 Å². The lowest BCUT2D eigenvalue weighted by molar-refractivity contribution is -0.107. The predicted octanol–water partition coefficient (Wildman–Crippen LogP) is 1.02. The Morgan fingerprint density at radius 3 is 2.80 bits per heavy atom. The fourth-order valence-electron chi connectivity index (χ4n) is 0. The van der Waals surface area contributed by atoms with Crippen LogP contribution in [0.1, 0.15) is 17.4 Å². The van der Waals surface area contributed by atoms with Gasteiger partial charge in [0, 0.05) is 10.5 Å². The molecule has 0 atom stereocenters. The van der Waals surface area contributed by atoms with E-state index in [0.29, 0.717) is 6.29 Å². The fourth-order valence-corrected chi connectivity index (χ4v) is 0. The molecule has 0 saturated carbocycles. The molecule has 0 aromatic heterocycles. The van der Waals surface area contributed by atoms with Crippen LogP contribution in [-0.2, 0) is 4.79 Å². The number of carbonyl (C=O) groups excluding carboxylic acids is 1.